The highest BCUT2D eigenvalue weighted by molar-refractivity contribution is 6.30. The summed E-state index contributed by atoms with van der Waals surface area (Å²) < 4.78 is 5.22. The molecule has 1 aliphatic rings. The van der Waals surface area contributed by atoms with Crippen molar-refractivity contribution < 1.29 is 14.3 Å². The van der Waals surface area contributed by atoms with Crippen molar-refractivity contribution in [3.8, 4) is 0 Å². The van der Waals surface area contributed by atoms with Gasteiger partial charge in [0.05, 0.1) is 6.04 Å². The fourth-order valence-electron chi connectivity index (χ4n) is 2.23. The van der Waals surface area contributed by atoms with E-state index in [2.05, 4.69) is 16.0 Å². The first-order valence-electron chi connectivity index (χ1n) is 8.00. The zero-order valence-electron chi connectivity index (χ0n) is 14.2. The number of carbonyl (C=O) groups is 2. The number of carbonyl (C=O) groups excluding carboxylic acids is 2. The van der Waals surface area contributed by atoms with Gasteiger partial charge in [0.15, 0.2) is 0 Å². The second-order valence-corrected chi connectivity index (χ2v) is 7.22. The summed E-state index contributed by atoms with van der Waals surface area (Å²) in [7, 11) is 0. The third kappa shape index (κ3) is 5.69. The lowest BCUT2D eigenvalue weighted by molar-refractivity contribution is -0.124. The van der Waals surface area contributed by atoms with Crippen LogP contribution in [-0.2, 0) is 22.6 Å². The highest BCUT2D eigenvalue weighted by Gasteiger charge is 2.24. The number of hydrogen-bond acceptors (Lipinski definition) is 4. The van der Waals surface area contributed by atoms with Crippen LogP contribution in [0.5, 0.6) is 0 Å². The van der Waals surface area contributed by atoms with Crippen molar-refractivity contribution in [2.75, 3.05) is 6.54 Å². The van der Waals surface area contributed by atoms with Crippen LogP contribution in [0, 0.1) is 0 Å². The van der Waals surface area contributed by atoms with Gasteiger partial charge in [-0.15, -0.1) is 0 Å². The summed E-state index contributed by atoms with van der Waals surface area (Å²) in [5.41, 5.74) is 1.20. The molecule has 1 unspecified atom stereocenters. The molecule has 7 heteroatoms. The van der Waals surface area contributed by atoms with Crippen LogP contribution in [0.2, 0.25) is 5.02 Å². The first kappa shape index (κ1) is 18.5. The molecule has 1 saturated heterocycles. The Morgan fingerprint density at radius 1 is 1.25 bits per heavy atom. The van der Waals surface area contributed by atoms with Crippen LogP contribution in [-0.4, -0.2) is 30.2 Å². The van der Waals surface area contributed by atoms with Gasteiger partial charge in [0.2, 0.25) is 5.91 Å². The van der Waals surface area contributed by atoms with Gasteiger partial charge in [-0.05, 0) is 57.0 Å². The maximum absolute atomic E-state index is 11.9. The molecule has 1 aromatic rings. The molecule has 24 heavy (non-hydrogen) atoms. The maximum atomic E-state index is 11.9. The summed E-state index contributed by atoms with van der Waals surface area (Å²) in [4.78, 5) is 23.7. The molecule has 1 atom stereocenters. The summed E-state index contributed by atoms with van der Waals surface area (Å²) >= 11 is 6.05. The number of rotatable bonds is 5. The summed E-state index contributed by atoms with van der Waals surface area (Å²) in [5, 5.41) is 9.25. The van der Waals surface area contributed by atoms with Gasteiger partial charge in [-0.2, -0.15) is 0 Å². The van der Waals surface area contributed by atoms with Crippen LogP contribution >= 0.6 is 11.6 Å². The highest BCUT2D eigenvalue weighted by atomic mass is 35.5. The van der Waals surface area contributed by atoms with Gasteiger partial charge in [-0.1, -0.05) is 17.7 Å². The predicted octanol–water partition coefficient (Wildman–Crippen LogP) is 2.34. The van der Waals surface area contributed by atoms with E-state index in [1.165, 1.54) is 0 Å². The van der Waals surface area contributed by atoms with E-state index in [0.717, 1.165) is 24.1 Å². The minimum absolute atomic E-state index is 0.0210. The molecule has 0 bridgehead atoms. The molecule has 2 rings (SSSR count). The van der Waals surface area contributed by atoms with Crippen molar-refractivity contribution >= 4 is 23.6 Å². The largest absolute Gasteiger partial charge is 0.444 e. The van der Waals surface area contributed by atoms with Crippen LogP contribution in [0.15, 0.2) is 18.2 Å². The zero-order chi connectivity index (χ0) is 17.7. The number of alkyl carbamates (subject to hydrolysis) is 1. The molecule has 1 aromatic carbocycles. The summed E-state index contributed by atoms with van der Waals surface area (Å²) in [5.74, 6) is -0.0210. The van der Waals surface area contributed by atoms with Crippen molar-refractivity contribution in [1.29, 1.82) is 0 Å². The molecule has 0 aromatic heterocycles. The summed E-state index contributed by atoms with van der Waals surface area (Å²) in [6, 6.07) is 5.28. The number of amides is 2. The second kappa shape index (κ2) is 7.85. The molecule has 132 valence electrons. The second-order valence-electron chi connectivity index (χ2n) is 6.78. The fourth-order valence-corrected chi connectivity index (χ4v) is 2.43. The molecule has 6 nitrogen and oxygen atoms in total. The third-order valence-corrected chi connectivity index (χ3v) is 3.82. The Kier molecular flexibility index (Phi) is 6.07. The zero-order valence-corrected chi connectivity index (χ0v) is 15.0. The number of benzene rings is 1. The van der Waals surface area contributed by atoms with Crippen LogP contribution in [0.3, 0.4) is 0 Å². The first-order chi connectivity index (χ1) is 11.2. The van der Waals surface area contributed by atoms with Crippen LogP contribution < -0.4 is 16.0 Å². The number of nitrogens with one attached hydrogen (secondary N) is 3. The lowest BCUT2D eigenvalue weighted by Crippen LogP contribution is -2.53. The monoisotopic (exact) mass is 353 g/mol. The topological polar surface area (TPSA) is 79.5 Å². The van der Waals surface area contributed by atoms with Crippen molar-refractivity contribution in [1.82, 2.24) is 16.0 Å². The molecule has 0 spiro atoms. The molecule has 1 fully saturated rings. The number of hydrogen-bond donors (Lipinski definition) is 3. The minimum atomic E-state index is -0.545. The standard InChI is InChI=1S/C17H24ClN3O3/c1-17(2,3)24-16(23)21-9-11-4-5-13(18)8-12(11)10-20-15(22)14-6-7-19-14/h4-5,8,14,19H,6-7,9-10H2,1-3H3,(H,20,22)(H,21,23). The average Bonchev–Trinajstić information content (AvgIpc) is 2.40. The summed E-state index contributed by atoms with van der Waals surface area (Å²) in [6.07, 6.45) is 0.375. The predicted molar refractivity (Wildman–Crippen MR) is 92.8 cm³/mol. The van der Waals surface area contributed by atoms with E-state index >= 15 is 0 Å². The molecule has 0 radical (unpaired) electrons. The Balaban J connectivity index is 1.93. The fraction of sp³-hybridized carbons (Fsp3) is 0.529. The molecule has 1 aliphatic heterocycles. The smallest absolute Gasteiger partial charge is 0.407 e. The molecule has 3 N–H and O–H groups in total. The molecular formula is C17H24ClN3O3. The van der Waals surface area contributed by atoms with Crippen molar-refractivity contribution in [2.24, 2.45) is 0 Å². The average molecular weight is 354 g/mol. The van der Waals surface area contributed by atoms with E-state index < -0.39 is 11.7 Å². The van der Waals surface area contributed by atoms with Gasteiger partial charge in [-0.25, -0.2) is 4.79 Å². The van der Waals surface area contributed by atoms with Crippen LogP contribution in [0.1, 0.15) is 38.3 Å². The van der Waals surface area contributed by atoms with E-state index in [0.29, 0.717) is 18.1 Å². The summed E-state index contributed by atoms with van der Waals surface area (Å²) in [6.45, 7) is 6.97. The van der Waals surface area contributed by atoms with Crippen LogP contribution in [0.25, 0.3) is 0 Å². The SMILES string of the molecule is CC(C)(C)OC(=O)NCc1ccc(Cl)cc1CNC(=O)C1CCN1. The normalized spacial score (nSPS) is 16.9. The van der Waals surface area contributed by atoms with Gasteiger partial charge in [0.1, 0.15) is 5.60 Å². The Hall–Kier alpha value is -1.79. The molecule has 0 saturated carbocycles. The minimum Gasteiger partial charge on any atom is -0.444 e. The van der Waals surface area contributed by atoms with E-state index in [1.54, 1.807) is 12.1 Å². The Bertz CT molecular complexity index is 610. The molecule has 1 heterocycles. The molecule has 0 aliphatic carbocycles. The maximum Gasteiger partial charge on any atom is 0.407 e. The Morgan fingerprint density at radius 3 is 2.50 bits per heavy atom. The first-order valence-corrected chi connectivity index (χ1v) is 8.37. The van der Waals surface area contributed by atoms with E-state index in [-0.39, 0.29) is 11.9 Å². The lowest BCUT2D eigenvalue weighted by atomic mass is 10.1. The lowest BCUT2D eigenvalue weighted by Gasteiger charge is -2.26. The van der Waals surface area contributed by atoms with Gasteiger partial charge in [0.25, 0.3) is 0 Å². The highest BCUT2D eigenvalue weighted by Crippen LogP contribution is 2.17. The quantitative estimate of drug-likeness (QED) is 0.759. The van der Waals surface area contributed by atoms with Gasteiger partial charge in [-0.3, -0.25) is 4.79 Å². The van der Waals surface area contributed by atoms with Gasteiger partial charge < -0.3 is 20.7 Å². The molecular weight excluding hydrogens is 330 g/mol. The molecule has 2 amide bonds. The Labute approximate surface area is 147 Å². The van der Waals surface area contributed by atoms with Gasteiger partial charge >= 0.3 is 6.09 Å². The van der Waals surface area contributed by atoms with Crippen molar-refractivity contribution in [3.05, 3.63) is 34.3 Å². The van der Waals surface area contributed by atoms with Gasteiger partial charge in [0, 0.05) is 18.1 Å². The van der Waals surface area contributed by atoms with Crippen molar-refractivity contribution in [2.45, 2.75) is 51.9 Å². The van der Waals surface area contributed by atoms with E-state index in [1.807, 2.05) is 26.8 Å². The van der Waals surface area contributed by atoms with E-state index in [9.17, 15) is 9.59 Å². The number of halogens is 1. The van der Waals surface area contributed by atoms with Crippen LogP contribution in [0.4, 0.5) is 4.79 Å². The van der Waals surface area contributed by atoms with E-state index in [4.69, 9.17) is 16.3 Å². The Morgan fingerprint density at radius 2 is 1.92 bits per heavy atom. The third-order valence-electron chi connectivity index (χ3n) is 3.58. The number of ether oxygens (including phenoxy) is 1. The van der Waals surface area contributed by atoms with Crippen molar-refractivity contribution in [3.63, 3.8) is 0 Å².